The van der Waals surface area contributed by atoms with Crippen LogP contribution in [0.15, 0.2) is 36.4 Å². The predicted octanol–water partition coefficient (Wildman–Crippen LogP) is 2.10. The van der Waals surface area contributed by atoms with E-state index < -0.39 is 0 Å². The fraction of sp³-hybridized carbons (Fsp3) is 0. The highest BCUT2D eigenvalue weighted by Gasteiger charge is 1.94. The first-order valence-corrected chi connectivity index (χ1v) is 4.00. The molecule has 0 saturated carbocycles. The van der Waals surface area contributed by atoms with Crippen molar-refractivity contribution in [2.45, 2.75) is 0 Å². The van der Waals surface area contributed by atoms with E-state index in [1.807, 2.05) is 6.07 Å². The lowest BCUT2D eigenvalue weighted by atomic mass is 10.1. The van der Waals surface area contributed by atoms with E-state index in [1.165, 1.54) is 6.08 Å². The van der Waals surface area contributed by atoms with Crippen molar-refractivity contribution in [3.8, 4) is 30.3 Å². The summed E-state index contributed by atoms with van der Waals surface area (Å²) < 4.78 is 0. The second kappa shape index (κ2) is 5.26. The van der Waals surface area contributed by atoms with Gasteiger partial charge in [0.1, 0.15) is 6.07 Å². The molecule has 14 heavy (non-hydrogen) atoms. The maximum atomic E-state index is 8.75. The third-order valence-corrected chi connectivity index (χ3v) is 1.52. The van der Waals surface area contributed by atoms with E-state index in [4.69, 9.17) is 11.7 Å². The van der Waals surface area contributed by atoms with Crippen LogP contribution in [-0.4, -0.2) is 0 Å². The Morgan fingerprint density at radius 1 is 1.14 bits per heavy atom. The molecular weight excluding hydrogens is 170 g/mol. The molecule has 0 atom stereocenters. The van der Waals surface area contributed by atoms with E-state index in [9.17, 15) is 0 Å². The number of nitriles is 1. The number of allylic oxidation sites excluding steroid dienone is 2. The van der Waals surface area contributed by atoms with Gasteiger partial charge in [-0.25, -0.2) is 0 Å². The van der Waals surface area contributed by atoms with Gasteiger partial charge in [-0.05, 0) is 24.3 Å². The molecule has 1 nitrogen and oxygen atoms in total. The fourth-order valence-corrected chi connectivity index (χ4v) is 0.899. The van der Waals surface area contributed by atoms with Crippen molar-refractivity contribution >= 4 is 0 Å². The van der Waals surface area contributed by atoms with Gasteiger partial charge in [0, 0.05) is 5.56 Å². The Kier molecular flexibility index (Phi) is 3.63. The highest BCUT2D eigenvalue weighted by molar-refractivity contribution is 5.48. The van der Waals surface area contributed by atoms with Gasteiger partial charge in [0.2, 0.25) is 0 Å². The Labute approximate surface area is 83.7 Å². The zero-order valence-corrected chi connectivity index (χ0v) is 7.49. The fourth-order valence-electron chi connectivity index (χ4n) is 0.899. The first kappa shape index (κ1) is 9.66. The lowest BCUT2D eigenvalue weighted by Gasteiger charge is -1.91. The maximum absolute atomic E-state index is 8.75. The molecule has 0 heterocycles. The zero-order chi connectivity index (χ0) is 10.2. The average molecular weight is 177 g/mol. The van der Waals surface area contributed by atoms with Gasteiger partial charge in [-0.2, -0.15) is 5.26 Å². The number of rotatable bonds is 0. The van der Waals surface area contributed by atoms with Gasteiger partial charge in [0.15, 0.2) is 0 Å². The van der Waals surface area contributed by atoms with Gasteiger partial charge in [0.05, 0.1) is 5.56 Å². The van der Waals surface area contributed by atoms with Gasteiger partial charge >= 0.3 is 0 Å². The SMILES string of the molecule is C#CC=CC#Cc1ccccc1C#N. The molecule has 1 aromatic rings. The Bertz CT molecular complexity index is 484. The number of hydrogen-bond acceptors (Lipinski definition) is 1. The molecule has 0 radical (unpaired) electrons. The lowest BCUT2D eigenvalue weighted by molar-refractivity contribution is 1.47. The van der Waals surface area contributed by atoms with Crippen LogP contribution in [0.3, 0.4) is 0 Å². The number of benzene rings is 1. The minimum Gasteiger partial charge on any atom is -0.192 e. The first-order chi connectivity index (χ1) is 6.88. The Hall–Kier alpha value is -2.43. The summed E-state index contributed by atoms with van der Waals surface area (Å²) in [6.45, 7) is 0. The molecule has 0 aromatic heterocycles. The van der Waals surface area contributed by atoms with Crippen molar-refractivity contribution in [2.24, 2.45) is 0 Å². The van der Waals surface area contributed by atoms with E-state index in [0.717, 1.165) is 5.56 Å². The third kappa shape index (κ3) is 2.56. The van der Waals surface area contributed by atoms with Gasteiger partial charge < -0.3 is 0 Å². The molecule has 0 amide bonds. The molecule has 1 aromatic carbocycles. The van der Waals surface area contributed by atoms with Crippen molar-refractivity contribution < 1.29 is 0 Å². The number of hydrogen-bond donors (Lipinski definition) is 0. The van der Waals surface area contributed by atoms with Crippen LogP contribution < -0.4 is 0 Å². The molecule has 0 spiro atoms. The molecular formula is C13H7N. The zero-order valence-electron chi connectivity index (χ0n) is 7.49. The summed E-state index contributed by atoms with van der Waals surface area (Å²) in [4.78, 5) is 0. The topological polar surface area (TPSA) is 23.8 Å². The number of terminal acetylenes is 1. The molecule has 0 unspecified atom stereocenters. The molecule has 0 saturated heterocycles. The highest BCUT2D eigenvalue weighted by atomic mass is 14.2. The van der Waals surface area contributed by atoms with E-state index >= 15 is 0 Å². The van der Waals surface area contributed by atoms with Crippen molar-refractivity contribution in [3.05, 3.63) is 47.5 Å². The normalized spacial score (nSPS) is 8.43. The summed E-state index contributed by atoms with van der Waals surface area (Å²) in [6.07, 6.45) is 8.10. The minimum atomic E-state index is 0.578. The second-order valence-electron chi connectivity index (χ2n) is 2.43. The molecule has 0 fully saturated rings. The molecule has 0 aliphatic rings. The standard InChI is InChI=1S/C13H7N/c1-2-3-4-5-8-12-9-6-7-10-13(12)11-14/h1,3-4,6-7,9-10H. The monoisotopic (exact) mass is 177 g/mol. The van der Waals surface area contributed by atoms with E-state index in [0.29, 0.717) is 5.56 Å². The molecule has 0 aliphatic heterocycles. The largest absolute Gasteiger partial charge is 0.192 e. The van der Waals surface area contributed by atoms with E-state index in [2.05, 4.69) is 23.8 Å². The van der Waals surface area contributed by atoms with E-state index in [1.54, 1.807) is 24.3 Å². The highest BCUT2D eigenvalue weighted by Crippen LogP contribution is 2.04. The van der Waals surface area contributed by atoms with Crippen LogP contribution in [0.4, 0.5) is 0 Å². The Balaban J connectivity index is 2.97. The summed E-state index contributed by atoms with van der Waals surface area (Å²) >= 11 is 0. The summed E-state index contributed by atoms with van der Waals surface area (Å²) in [5, 5.41) is 8.75. The Morgan fingerprint density at radius 3 is 2.50 bits per heavy atom. The van der Waals surface area contributed by atoms with Crippen LogP contribution in [0.1, 0.15) is 11.1 Å². The molecule has 0 bridgehead atoms. The van der Waals surface area contributed by atoms with Crippen molar-refractivity contribution in [1.29, 1.82) is 5.26 Å². The van der Waals surface area contributed by atoms with Gasteiger partial charge in [-0.1, -0.05) is 29.9 Å². The van der Waals surface area contributed by atoms with Crippen LogP contribution in [-0.2, 0) is 0 Å². The van der Waals surface area contributed by atoms with Crippen molar-refractivity contribution in [1.82, 2.24) is 0 Å². The van der Waals surface area contributed by atoms with Crippen LogP contribution >= 0.6 is 0 Å². The van der Waals surface area contributed by atoms with Gasteiger partial charge in [0.25, 0.3) is 0 Å². The van der Waals surface area contributed by atoms with E-state index in [-0.39, 0.29) is 0 Å². The third-order valence-electron chi connectivity index (χ3n) is 1.52. The van der Waals surface area contributed by atoms with Gasteiger partial charge in [-0.3, -0.25) is 0 Å². The molecule has 64 valence electrons. The summed E-state index contributed by atoms with van der Waals surface area (Å²) in [6, 6.07) is 9.25. The predicted molar refractivity (Wildman–Crippen MR) is 56.0 cm³/mol. The van der Waals surface area contributed by atoms with Crippen LogP contribution in [0.25, 0.3) is 0 Å². The molecule has 0 N–H and O–H groups in total. The summed E-state index contributed by atoms with van der Waals surface area (Å²) in [5.74, 6) is 7.93. The van der Waals surface area contributed by atoms with Crippen LogP contribution in [0.2, 0.25) is 0 Å². The lowest BCUT2D eigenvalue weighted by Crippen LogP contribution is -1.80. The minimum absolute atomic E-state index is 0.578. The Morgan fingerprint density at radius 2 is 1.86 bits per heavy atom. The molecule has 0 aliphatic carbocycles. The van der Waals surface area contributed by atoms with Crippen molar-refractivity contribution in [3.63, 3.8) is 0 Å². The molecule has 1 heteroatoms. The summed E-state index contributed by atoms with van der Waals surface area (Å²) in [7, 11) is 0. The second-order valence-corrected chi connectivity index (χ2v) is 2.43. The maximum Gasteiger partial charge on any atom is 0.100 e. The van der Waals surface area contributed by atoms with Crippen LogP contribution in [0, 0.1) is 35.5 Å². The number of nitrogens with zero attached hydrogens (tertiary/aromatic N) is 1. The summed E-state index contributed by atoms with van der Waals surface area (Å²) in [5.41, 5.74) is 1.30. The van der Waals surface area contributed by atoms with Crippen molar-refractivity contribution in [2.75, 3.05) is 0 Å². The van der Waals surface area contributed by atoms with Gasteiger partial charge in [-0.15, -0.1) is 6.42 Å². The smallest absolute Gasteiger partial charge is 0.100 e. The molecule has 1 rings (SSSR count). The first-order valence-electron chi connectivity index (χ1n) is 4.00. The quantitative estimate of drug-likeness (QED) is 0.557. The average Bonchev–Trinajstić information content (AvgIpc) is 2.25. The van der Waals surface area contributed by atoms with Crippen LogP contribution in [0.5, 0.6) is 0 Å².